The average Bonchev–Trinajstić information content (AvgIpc) is 2.61. The van der Waals surface area contributed by atoms with Crippen LogP contribution in [0.4, 0.5) is 10.2 Å². The van der Waals surface area contributed by atoms with E-state index in [1.165, 1.54) is 12.1 Å². The molecule has 1 heterocycles. The molecular weight excluding hydrogens is 347 g/mol. The largest absolute Gasteiger partial charge is 0.348 e. The summed E-state index contributed by atoms with van der Waals surface area (Å²) >= 11 is 0. The SMILES string of the molecule is Cc1ccnc(NC(=O)CN(C)C(C)C(=O)NC(C)c2ccc(F)cc2)c1. The van der Waals surface area contributed by atoms with Gasteiger partial charge in [0.2, 0.25) is 11.8 Å². The van der Waals surface area contributed by atoms with E-state index in [4.69, 9.17) is 0 Å². The highest BCUT2D eigenvalue weighted by atomic mass is 19.1. The minimum absolute atomic E-state index is 0.0507. The number of aromatic nitrogens is 1. The standard InChI is InChI=1S/C20H25FN4O2/c1-13-9-10-22-18(11-13)24-19(26)12-25(4)15(3)20(27)23-14(2)16-5-7-17(21)8-6-16/h5-11,14-15H,12H2,1-4H3,(H,23,27)(H,22,24,26). The first kappa shape index (κ1) is 20.5. The van der Waals surface area contributed by atoms with Crippen LogP contribution in [0.3, 0.4) is 0 Å². The number of hydrogen-bond acceptors (Lipinski definition) is 4. The lowest BCUT2D eigenvalue weighted by Gasteiger charge is -2.25. The summed E-state index contributed by atoms with van der Waals surface area (Å²) in [4.78, 5) is 30.4. The molecule has 0 bridgehead atoms. The van der Waals surface area contributed by atoms with Gasteiger partial charge < -0.3 is 10.6 Å². The van der Waals surface area contributed by atoms with Gasteiger partial charge in [-0.05, 0) is 63.2 Å². The van der Waals surface area contributed by atoms with E-state index in [0.717, 1.165) is 11.1 Å². The van der Waals surface area contributed by atoms with Crippen LogP contribution in [0.1, 0.15) is 31.0 Å². The van der Waals surface area contributed by atoms with Crippen LogP contribution < -0.4 is 10.6 Å². The van der Waals surface area contributed by atoms with Gasteiger partial charge in [0, 0.05) is 6.20 Å². The molecule has 2 amide bonds. The molecule has 1 aromatic heterocycles. The second-order valence-electron chi connectivity index (χ2n) is 6.64. The van der Waals surface area contributed by atoms with Gasteiger partial charge in [-0.1, -0.05) is 12.1 Å². The smallest absolute Gasteiger partial charge is 0.239 e. The number of carbonyl (C=O) groups is 2. The minimum atomic E-state index is -0.510. The predicted octanol–water partition coefficient (Wildman–Crippen LogP) is 2.67. The van der Waals surface area contributed by atoms with E-state index in [1.54, 1.807) is 43.3 Å². The van der Waals surface area contributed by atoms with Gasteiger partial charge in [-0.2, -0.15) is 0 Å². The van der Waals surface area contributed by atoms with Crippen molar-refractivity contribution in [3.63, 3.8) is 0 Å². The molecule has 0 saturated heterocycles. The third kappa shape index (κ3) is 6.14. The number of anilines is 1. The summed E-state index contributed by atoms with van der Waals surface area (Å²) in [6.45, 7) is 5.52. The highest BCUT2D eigenvalue weighted by molar-refractivity contribution is 5.92. The number of halogens is 1. The van der Waals surface area contributed by atoms with Crippen LogP contribution in [0.2, 0.25) is 0 Å². The molecule has 2 aromatic rings. The number of pyridine rings is 1. The minimum Gasteiger partial charge on any atom is -0.348 e. The maximum Gasteiger partial charge on any atom is 0.239 e. The fraction of sp³-hybridized carbons (Fsp3) is 0.350. The van der Waals surface area contributed by atoms with Crippen molar-refractivity contribution in [3.05, 3.63) is 59.5 Å². The summed E-state index contributed by atoms with van der Waals surface area (Å²) in [7, 11) is 1.70. The molecule has 0 aliphatic heterocycles. The molecule has 0 aliphatic rings. The summed E-state index contributed by atoms with van der Waals surface area (Å²) in [6, 6.07) is 8.83. The van der Waals surface area contributed by atoms with Crippen LogP contribution >= 0.6 is 0 Å². The zero-order valence-electron chi connectivity index (χ0n) is 16.0. The van der Waals surface area contributed by atoms with Gasteiger partial charge in [-0.25, -0.2) is 9.37 Å². The molecule has 0 radical (unpaired) electrons. The van der Waals surface area contributed by atoms with Crippen molar-refractivity contribution in [2.45, 2.75) is 32.9 Å². The summed E-state index contributed by atoms with van der Waals surface area (Å²) in [5.74, 6) is -0.299. The maximum absolute atomic E-state index is 13.0. The van der Waals surface area contributed by atoms with Gasteiger partial charge in [-0.15, -0.1) is 0 Å². The van der Waals surface area contributed by atoms with Crippen LogP contribution in [0, 0.1) is 12.7 Å². The van der Waals surface area contributed by atoms with Crippen molar-refractivity contribution in [2.24, 2.45) is 0 Å². The van der Waals surface area contributed by atoms with Crippen LogP contribution in [0.15, 0.2) is 42.6 Å². The summed E-state index contributed by atoms with van der Waals surface area (Å²) in [5.41, 5.74) is 1.80. The molecule has 0 fully saturated rings. The molecule has 0 aliphatic carbocycles. The molecular formula is C20H25FN4O2. The van der Waals surface area contributed by atoms with Crippen LogP contribution in [0.5, 0.6) is 0 Å². The van der Waals surface area contributed by atoms with Crippen LogP contribution in [0.25, 0.3) is 0 Å². The van der Waals surface area contributed by atoms with Gasteiger partial charge in [0.05, 0.1) is 18.6 Å². The average molecular weight is 372 g/mol. The van der Waals surface area contributed by atoms with Crippen LogP contribution in [-0.2, 0) is 9.59 Å². The monoisotopic (exact) mass is 372 g/mol. The number of amides is 2. The molecule has 0 saturated carbocycles. The molecule has 6 nitrogen and oxygen atoms in total. The van der Waals surface area contributed by atoms with Crippen molar-refractivity contribution in [3.8, 4) is 0 Å². The first-order valence-electron chi connectivity index (χ1n) is 8.75. The Kier molecular flexibility index (Phi) is 7.01. The Morgan fingerprint density at radius 3 is 2.48 bits per heavy atom. The summed E-state index contributed by atoms with van der Waals surface area (Å²) in [5, 5.41) is 5.60. The van der Waals surface area contributed by atoms with Crippen molar-refractivity contribution in [1.29, 1.82) is 0 Å². The molecule has 7 heteroatoms. The Hall–Kier alpha value is -2.80. The first-order valence-corrected chi connectivity index (χ1v) is 8.75. The topological polar surface area (TPSA) is 74.3 Å². The Bertz CT molecular complexity index is 795. The van der Waals surface area contributed by atoms with E-state index < -0.39 is 6.04 Å². The van der Waals surface area contributed by atoms with Gasteiger partial charge in [0.1, 0.15) is 11.6 Å². The number of aryl methyl sites for hydroxylation is 1. The number of benzene rings is 1. The zero-order valence-corrected chi connectivity index (χ0v) is 16.0. The molecule has 1 aromatic carbocycles. The lowest BCUT2D eigenvalue weighted by Crippen LogP contribution is -2.46. The summed E-state index contributed by atoms with van der Waals surface area (Å²) < 4.78 is 13.0. The Balaban J connectivity index is 1.87. The zero-order chi connectivity index (χ0) is 20.0. The number of likely N-dealkylation sites (N-methyl/N-ethyl adjacent to an activating group) is 1. The van der Waals surface area contributed by atoms with Crippen molar-refractivity contribution in [1.82, 2.24) is 15.2 Å². The number of hydrogen-bond donors (Lipinski definition) is 2. The quantitative estimate of drug-likeness (QED) is 0.784. The molecule has 27 heavy (non-hydrogen) atoms. The highest BCUT2D eigenvalue weighted by Crippen LogP contribution is 2.13. The van der Waals surface area contributed by atoms with Gasteiger partial charge >= 0.3 is 0 Å². The first-order chi connectivity index (χ1) is 12.8. The molecule has 2 atom stereocenters. The van der Waals surface area contributed by atoms with E-state index in [0.29, 0.717) is 5.82 Å². The third-order valence-electron chi connectivity index (χ3n) is 4.35. The van der Waals surface area contributed by atoms with E-state index in [9.17, 15) is 14.0 Å². The Morgan fingerprint density at radius 2 is 1.85 bits per heavy atom. The Morgan fingerprint density at radius 1 is 1.19 bits per heavy atom. The molecule has 2 rings (SSSR count). The van der Waals surface area contributed by atoms with E-state index in [-0.39, 0.29) is 30.2 Å². The normalized spacial score (nSPS) is 13.1. The van der Waals surface area contributed by atoms with Crippen molar-refractivity contribution in [2.75, 3.05) is 18.9 Å². The number of rotatable bonds is 7. The maximum atomic E-state index is 13.0. The lowest BCUT2D eigenvalue weighted by atomic mass is 10.1. The Labute approximate surface area is 158 Å². The molecule has 2 unspecified atom stereocenters. The van der Waals surface area contributed by atoms with E-state index in [2.05, 4.69) is 15.6 Å². The van der Waals surface area contributed by atoms with Gasteiger partial charge in [0.25, 0.3) is 0 Å². The van der Waals surface area contributed by atoms with Gasteiger partial charge in [-0.3, -0.25) is 14.5 Å². The van der Waals surface area contributed by atoms with Crippen LogP contribution in [-0.4, -0.2) is 41.3 Å². The second kappa shape index (κ2) is 9.23. The molecule has 0 spiro atoms. The third-order valence-corrected chi connectivity index (χ3v) is 4.35. The van der Waals surface area contributed by atoms with Gasteiger partial charge in [0.15, 0.2) is 0 Å². The highest BCUT2D eigenvalue weighted by Gasteiger charge is 2.22. The van der Waals surface area contributed by atoms with Crippen molar-refractivity contribution >= 4 is 17.6 Å². The fourth-order valence-electron chi connectivity index (χ4n) is 2.52. The second-order valence-corrected chi connectivity index (χ2v) is 6.64. The summed E-state index contributed by atoms with van der Waals surface area (Å²) in [6.07, 6.45) is 1.63. The number of nitrogens with zero attached hydrogens (tertiary/aromatic N) is 2. The van der Waals surface area contributed by atoms with E-state index >= 15 is 0 Å². The number of nitrogens with one attached hydrogen (secondary N) is 2. The lowest BCUT2D eigenvalue weighted by molar-refractivity contribution is -0.127. The predicted molar refractivity (Wildman–Crippen MR) is 103 cm³/mol. The fourth-order valence-corrected chi connectivity index (χ4v) is 2.52. The van der Waals surface area contributed by atoms with E-state index in [1.807, 2.05) is 19.9 Å². The number of carbonyl (C=O) groups excluding carboxylic acids is 2. The molecule has 144 valence electrons. The van der Waals surface area contributed by atoms with Crippen molar-refractivity contribution < 1.29 is 14.0 Å². The molecule has 2 N–H and O–H groups in total.